The Hall–Kier alpha value is -0.810. The summed E-state index contributed by atoms with van der Waals surface area (Å²) in [5.41, 5.74) is 0.0691. The van der Waals surface area contributed by atoms with Crippen LogP contribution in [0.2, 0.25) is 0 Å². The molecule has 2 N–H and O–H groups in total. The van der Waals surface area contributed by atoms with Crippen LogP contribution >= 0.6 is 15.9 Å². The number of benzene rings is 1. The van der Waals surface area contributed by atoms with Crippen molar-refractivity contribution in [2.24, 2.45) is 0 Å². The number of phenolic OH excluding ortho intramolecular Hbond substituents is 1. The van der Waals surface area contributed by atoms with Crippen LogP contribution in [0.25, 0.3) is 0 Å². The minimum Gasteiger partial charge on any atom is -0.504 e. The van der Waals surface area contributed by atoms with E-state index in [1.54, 1.807) is 0 Å². The Bertz CT molecular complexity index is 352. The van der Waals surface area contributed by atoms with E-state index < -0.39 is 11.9 Å². The molecule has 1 atom stereocenters. The van der Waals surface area contributed by atoms with Gasteiger partial charge in [0.1, 0.15) is 0 Å². The lowest BCUT2D eigenvalue weighted by Crippen LogP contribution is -2.00. The molecule has 0 aromatic heterocycles. The molecule has 0 bridgehead atoms. The SMILES string of the molecule is COc1c(O)cc(Br)c(C(C)O)c1F. The van der Waals surface area contributed by atoms with E-state index in [9.17, 15) is 14.6 Å². The van der Waals surface area contributed by atoms with Gasteiger partial charge in [0.25, 0.3) is 0 Å². The normalized spacial score (nSPS) is 12.6. The first-order chi connectivity index (χ1) is 6.49. The summed E-state index contributed by atoms with van der Waals surface area (Å²) in [6.07, 6.45) is -0.973. The van der Waals surface area contributed by atoms with Gasteiger partial charge in [-0.1, -0.05) is 15.9 Å². The first-order valence-electron chi connectivity index (χ1n) is 3.92. The predicted molar refractivity (Wildman–Crippen MR) is 53.0 cm³/mol. The first-order valence-corrected chi connectivity index (χ1v) is 4.71. The second kappa shape index (κ2) is 4.14. The monoisotopic (exact) mass is 264 g/mol. The Morgan fingerprint density at radius 2 is 2.14 bits per heavy atom. The lowest BCUT2D eigenvalue weighted by atomic mass is 10.1. The lowest BCUT2D eigenvalue weighted by molar-refractivity contribution is 0.191. The Balaban J connectivity index is 3.44. The van der Waals surface area contributed by atoms with Crippen molar-refractivity contribution < 1.29 is 19.3 Å². The molecule has 0 heterocycles. The third kappa shape index (κ3) is 1.83. The standard InChI is InChI=1S/C9H10BrFO3/c1-4(12)7-5(10)3-6(13)9(14-2)8(7)11/h3-4,12-13H,1-2H3. The zero-order valence-corrected chi connectivity index (χ0v) is 9.30. The summed E-state index contributed by atoms with van der Waals surface area (Å²) in [6, 6.07) is 1.28. The molecule has 0 saturated heterocycles. The Morgan fingerprint density at radius 1 is 1.57 bits per heavy atom. The summed E-state index contributed by atoms with van der Waals surface area (Å²) in [6.45, 7) is 1.43. The molecule has 1 rings (SSSR count). The van der Waals surface area contributed by atoms with Crippen LogP contribution in [0.3, 0.4) is 0 Å². The fourth-order valence-corrected chi connectivity index (χ4v) is 1.90. The lowest BCUT2D eigenvalue weighted by Gasteiger charge is -2.13. The van der Waals surface area contributed by atoms with E-state index in [0.29, 0.717) is 4.47 Å². The van der Waals surface area contributed by atoms with Gasteiger partial charge in [-0.15, -0.1) is 0 Å². The molecule has 5 heteroatoms. The van der Waals surface area contributed by atoms with Gasteiger partial charge in [-0.25, -0.2) is 4.39 Å². The second-order valence-electron chi connectivity index (χ2n) is 2.81. The molecule has 1 aromatic rings. The number of methoxy groups -OCH3 is 1. The van der Waals surface area contributed by atoms with Crippen LogP contribution in [0, 0.1) is 5.82 Å². The fraction of sp³-hybridized carbons (Fsp3) is 0.333. The molecule has 0 aliphatic heterocycles. The number of hydrogen-bond donors (Lipinski definition) is 2. The topological polar surface area (TPSA) is 49.7 Å². The van der Waals surface area contributed by atoms with Gasteiger partial charge in [0.05, 0.1) is 13.2 Å². The highest BCUT2D eigenvalue weighted by molar-refractivity contribution is 9.10. The van der Waals surface area contributed by atoms with E-state index in [2.05, 4.69) is 20.7 Å². The van der Waals surface area contributed by atoms with E-state index in [0.717, 1.165) is 0 Å². The molecule has 0 amide bonds. The zero-order valence-electron chi connectivity index (χ0n) is 7.71. The van der Waals surface area contributed by atoms with Gasteiger partial charge in [-0.3, -0.25) is 0 Å². The van der Waals surface area contributed by atoms with Crippen molar-refractivity contribution in [3.8, 4) is 11.5 Å². The van der Waals surface area contributed by atoms with Gasteiger partial charge in [0.15, 0.2) is 17.3 Å². The van der Waals surface area contributed by atoms with E-state index in [-0.39, 0.29) is 17.1 Å². The van der Waals surface area contributed by atoms with E-state index in [1.807, 2.05) is 0 Å². The van der Waals surface area contributed by atoms with E-state index >= 15 is 0 Å². The van der Waals surface area contributed by atoms with Crippen molar-refractivity contribution in [3.05, 3.63) is 21.9 Å². The molecular weight excluding hydrogens is 255 g/mol. The maximum absolute atomic E-state index is 13.6. The zero-order chi connectivity index (χ0) is 10.9. The summed E-state index contributed by atoms with van der Waals surface area (Å²) in [7, 11) is 1.25. The number of rotatable bonds is 2. The van der Waals surface area contributed by atoms with Gasteiger partial charge in [0, 0.05) is 10.0 Å². The summed E-state index contributed by atoms with van der Waals surface area (Å²) in [4.78, 5) is 0. The molecule has 1 aromatic carbocycles. The Labute approximate surface area is 89.3 Å². The summed E-state index contributed by atoms with van der Waals surface area (Å²) in [5, 5.41) is 18.6. The van der Waals surface area contributed by atoms with E-state index in [1.165, 1.54) is 20.1 Å². The minimum atomic E-state index is -0.973. The first kappa shape index (κ1) is 11.3. The van der Waals surface area contributed by atoms with Gasteiger partial charge >= 0.3 is 0 Å². The summed E-state index contributed by atoms with van der Waals surface area (Å²) >= 11 is 3.05. The van der Waals surface area contributed by atoms with Crippen LogP contribution in [0.15, 0.2) is 10.5 Å². The summed E-state index contributed by atoms with van der Waals surface area (Å²) in [5.74, 6) is -1.32. The molecule has 3 nitrogen and oxygen atoms in total. The van der Waals surface area contributed by atoms with Crippen LogP contribution in [0.1, 0.15) is 18.6 Å². The van der Waals surface area contributed by atoms with Crippen molar-refractivity contribution >= 4 is 15.9 Å². The highest BCUT2D eigenvalue weighted by Gasteiger charge is 2.20. The minimum absolute atomic E-state index is 0.0691. The molecule has 0 radical (unpaired) electrons. The van der Waals surface area contributed by atoms with Gasteiger partial charge < -0.3 is 14.9 Å². The summed E-state index contributed by atoms with van der Waals surface area (Å²) < 4.78 is 18.5. The van der Waals surface area contributed by atoms with Gasteiger partial charge in [0.2, 0.25) is 0 Å². The van der Waals surface area contributed by atoms with Crippen LogP contribution in [0.4, 0.5) is 4.39 Å². The molecular formula is C9H10BrFO3. The van der Waals surface area contributed by atoms with Crippen LogP contribution in [-0.2, 0) is 0 Å². The number of ether oxygens (including phenoxy) is 1. The number of aliphatic hydroxyl groups excluding tert-OH is 1. The number of halogens is 2. The molecule has 0 aliphatic carbocycles. The maximum Gasteiger partial charge on any atom is 0.197 e. The van der Waals surface area contributed by atoms with Gasteiger partial charge in [-0.2, -0.15) is 0 Å². The van der Waals surface area contributed by atoms with Crippen molar-refractivity contribution in [1.29, 1.82) is 0 Å². The average Bonchev–Trinajstić information content (AvgIpc) is 2.02. The Kier molecular flexibility index (Phi) is 3.34. The van der Waals surface area contributed by atoms with E-state index in [4.69, 9.17) is 0 Å². The molecule has 78 valence electrons. The van der Waals surface area contributed by atoms with Crippen LogP contribution in [-0.4, -0.2) is 17.3 Å². The number of phenols is 1. The number of aliphatic hydroxyl groups is 1. The maximum atomic E-state index is 13.6. The van der Waals surface area contributed by atoms with Crippen molar-refractivity contribution in [1.82, 2.24) is 0 Å². The quantitative estimate of drug-likeness (QED) is 0.862. The molecule has 0 aliphatic rings. The van der Waals surface area contributed by atoms with Crippen LogP contribution in [0.5, 0.6) is 11.5 Å². The molecule has 0 spiro atoms. The molecule has 14 heavy (non-hydrogen) atoms. The number of hydrogen-bond acceptors (Lipinski definition) is 3. The second-order valence-corrected chi connectivity index (χ2v) is 3.67. The largest absolute Gasteiger partial charge is 0.504 e. The molecule has 1 unspecified atom stereocenters. The smallest absolute Gasteiger partial charge is 0.197 e. The van der Waals surface area contributed by atoms with Crippen molar-refractivity contribution in [2.45, 2.75) is 13.0 Å². The third-order valence-corrected chi connectivity index (χ3v) is 2.47. The van der Waals surface area contributed by atoms with Crippen molar-refractivity contribution in [2.75, 3.05) is 7.11 Å². The highest BCUT2D eigenvalue weighted by Crippen LogP contribution is 2.38. The molecule has 0 saturated carbocycles. The van der Waals surface area contributed by atoms with Crippen LogP contribution < -0.4 is 4.74 Å². The molecule has 0 fully saturated rings. The van der Waals surface area contributed by atoms with Crippen molar-refractivity contribution in [3.63, 3.8) is 0 Å². The fourth-order valence-electron chi connectivity index (χ4n) is 1.18. The number of aromatic hydroxyl groups is 1. The van der Waals surface area contributed by atoms with Gasteiger partial charge in [-0.05, 0) is 13.0 Å². The predicted octanol–water partition coefficient (Wildman–Crippen LogP) is 2.36. The highest BCUT2D eigenvalue weighted by atomic mass is 79.9. The Morgan fingerprint density at radius 3 is 2.57 bits per heavy atom. The average molecular weight is 265 g/mol. The third-order valence-electron chi connectivity index (χ3n) is 1.81.